The van der Waals surface area contributed by atoms with E-state index in [2.05, 4.69) is 44.0 Å². The molecule has 0 atom stereocenters. The molecule has 18 heavy (non-hydrogen) atoms. The molecule has 0 heterocycles. The Labute approximate surface area is 131 Å². The van der Waals surface area contributed by atoms with Crippen molar-refractivity contribution in [2.24, 2.45) is 0 Å². The Kier molecular flexibility index (Phi) is 3.31. The van der Waals surface area contributed by atoms with Crippen LogP contribution in [0.1, 0.15) is 0 Å². The van der Waals surface area contributed by atoms with Crippen LogP contribution in [-0.4, -0.2) is 0 Å². The van der Waals surface area contributed by atoms with Crippen molar-refractivity contribution in [3.8, 4) is 0 Å². The molecule has 0 aromatic heterocycles. The number of fused-ring (bicyclic) bond motifs is 3. The molecule has 4 heteroatoms. The topological polar surface area (TPSA) is 0 Å². The van der Waals surface area contributed by atoms with Crippen molar-refractivity contribution in [2.75, 3.05) is 0 Å². The van der Waals surface area contributed by atoms with Gasteiger partial charge in [0.1, 0.15) is 0 Å². The molecule has 0 aliphatic heterocycles. The van der Waals surface area contributed by atoms with Gasteiger partial charge in [0, 0.05) is 24.7 Å². The predicted molar refractivity (Wildman–Crippen MR) is 86.9 cm³/mol. The summed E-state index contributed by atoms with van der Waals surface area (Å²) in [6.45, 7) is 0. The molecule has 0 saturated heterocycles. The highest BCUT2D eigenvalue weighted by Gasteiger charge is 2.09. The Morgan fingerprint density at radius 1 is 0.722 bits per heavy atom. The fraction of sp³-hybridized carbons (Fsp3) is 0. The summed E-state index contributed by atoms with van der Waals surface area (Å²) in [5.74, 6) is 0. The summed E-state index contributed by atoms with van der Waals surface area (Å²) in [6.07, 6.45) is 0. The fourth-order valence-electron chi connectivity index (χ4n) is 2.11. The highest BCUT2D eigenvalue weighted by atomic mass is 79.9. The minimum atomic E-state index is 0.727. The lowest BCUT2D eigenvalue weighted by Gasteiger charge is -2.08. The van der Waals surface area contributed by atoms with Crippen LogP contribution in [0, 0.1) is 0 Å². The van der Waals surface area contributed by atoms with Gasteiger partial charge in [0.15, 0.2) is 0 Å². The first-order valence-electron chi connectivity index (χ1n) is 5.23. The van der Waals surface area contributed by atoms with E-state index < -0.39 is 0 Å². The number of hydrogen-bond acceptors (Lipinski definition) is 0. The minimum absolute atomic E-state index is 0.727. The standard InChI is InChI=1S/C14H6Br2Cl2/c15-7-5-11-8-3-4-12(16)14(18)10(8)2-1-9(11)13(17)6-7/h1-6H. The zero-order valence-electron chi connectivity index (χ0n) is 8.98. The lowest BCUT2D eigenvalue weighted by Crippen LogP contribution is -1.81. The molecule has 0 amide bonds. The van der Waals surface area contributed by atoms with E-state index in [0.717, 1.165) is 40.5 Å². The van der Waals surface area contributed by atoms with Gasteiger partial charge < -0.3 is 0 Å². The lowest BCUT2D eigenvalue weighted by molar-refractivity contribution is 1.70. The van der Waals surface area contributed by atoms with E-state index in [9.17, 15) is 0 Å². The van der Waals surface area contributed by atoms with Crippen LogP contribution in [0.2, 0.25) is 10.0 Å². The highest BCUT2D eigenvalue weighted by Crippen LogP contribution is 2.38. The molecule has 0 nitrogen and oxygen atoms in total. The minimum Gasteiger partial charge on any atom is -0.0836 e. The first kappa shape index (κ1) is 12.7. The molecule has 0 aliphatic rings. The van der Waals surface area contributed by atoms with Crippen LogP contribution in [0.3, 0.4) is 0 Å². The summed E-state index contributed by atoms with van der Waals surface area (Å²) in [4.78, 5) is 0. The molecule has 0 fully saturated rings. The van der Waals surface area contributed by atoms with Gasteiger partial charge in [0.05, 0.1) is 5.02 Å². The van der Waals surface area contributed by atoms with E-state index in [1.54, 1.807) is 0 Å². The van der Waals surface area contributed by atoms with Gasteiger partial charge in [-0.2, -0.15) is 0 Å². The van der Waals surface area contributed by atoms with E-state index in [1.807, 2.05) is 24.3 Å². The lowest BCUT2D eigenvalue weighted by atomic mass is 10.0. The summed E-state index contributed by atoms with van der Waals surface area (Å²) in [5, 5.41) is 5.72. The second-order valence-electron chi connectivity index (χ2n) is 4.00. The number of rotatable bonds is 0. The first-order valence-corrected chi connectivity index (χ1v) is 7.57. The van der Waals surface area contributed by atoms with E-state index in [0.29, 0.717) is 0 Å². The van der Waals surface area contributed by atoms with E-state index in [4.69, 9.17) is 23.2 Å². The van der Waals surface area contributed by atoms with E-state index >= 15 is 0 Å². The Balaban J connectivity index is 2.58. The van der Waals surface area contributed by atoms with Crippen LogP contribution in [0.5, 0.6) is 0 Å². The van der Waals surface area contributed by atoms with Gasteiger partial charge in [-0.1, -0.05) is 57.3 Å². The summed E-state index contributed by atoms with van der Waals surface area (Å²) < 4.78 is 1.86. The molecule has 0 radical (unpaired) electrons. The van der Waals surface area contributed by atoms with Crippen molar-refractivity contribution in [3.63, 3.8) is 0 Å². The molecule has 90 valence electrons. The molecule has 0 unspecified atom stereocenters. The summed E-state index contributed by atoms with van der Waals surface area (Å²) >= 11 is 19.5. The van der Waals surface area contributed by atoms with Gasteiger partial charge in [-0.15, -0.1) is 0 Å². The third-order valence-electron chi connectivity index (χ3n) is 2.93. The smallest absolute Gasteiger partial charge is 0.0626 e. The number of benzene rings is 3. The monoisotopic (exact) mass is 402 g/mol. The molecule has 0 bridgehead atoms. The van der Waals surface area contributed by atoms with Gasteiger partial charge in [-0.25, -0.2) is 0 Å². The summed E-state index contributed by atoms with van der Waals surface area (Å²) in [5.41, 5.74) is 0. The number of halogens is 4. The Morgan fingerprint density at radius 2 is 1.39 bits per heavy atom. The average Bonchev–Trinajstić information content (AvgIpc) is 2.33. The molecule has 0 N–H and O–H groups in total. The first-order chi connectivity index (χ1) is 8.58. The van der Waals surface area contributed by atoms with Crippen LogP contribution in [0.25, 0.3) is 21.5 Å². The maximum Gasteiger partial charge on any atom is 0.0626 e. The third kappa shape index (κ3) is 1.96. The average molecular weight is 405 g/mol. The van der Waals surface area contributed by atoms with Gasteiger partial charge in [-0.3, -0.25) is 0 Å². The number of hydrogen-bond donors (Lipinski definition) is 0. The normalized spacial score (nSPS) is 11.3. The maximum absolute atomic E-state index is 6.31. The second-order valence-corrected chi connectivity index (χ2v) is 6.56. The zero-order valence-corrected chi connectivity index (χ0v) is 13.7. The molecule has 0 aliphatic carbocycles. The largest absolute Gasteiger partial charge is 0.0836 e. The van der Waals surface area contributed by atoms with E-state index in [-0.39, 0.29) is 0 Å². The van der Waals surface area contributed by atoms with Crippen molar-refractivity contribution >= 4 is 76.6 Å². The third-order valence-corrected chi connectivity index (χ3v) is 5.00. The van der Waals surface area contributed by atoms with Crippen LogP contribution in [0.4, 0.5) is 0 Å². The van der Waals surface area contributed by atoms with Crippen molar-refractivity contribution < 1.29 is 0 Å². The van der Waals surface area contributed by atoms with Crippen LogP contribution in [-0.2, 0) is 0 Å². The van der Waals surface area contributed by atoms with Crippen LogP contribution < -0.4 is 0 Å². The van der Waals surface area contributed by atoms with Crippen molar-refractivity contribution in [1.29, 1.82) is 0 Å². The van der Waals surface area contributed by atoms with Gasteiger partial charge in [0.25, 0.3) is 0 Å². The van der Waals surface area contributed by atoms with Gasteiger partial charge >= 0.3 is 0 Å². The molecule has 3 aromatic carbocycles. The molecule has 0 saturated carbocycles. The van der Waals surface area contributed by atoms with Crippen molar-refractivity contribution in [3.05, 3.63) is 55.4 Å². The molecule has 3 aromatic rings. The van der Waals surface area contributed by atoms with Crippen LogP contribution in [0.15, 0.2) is 45.3 Å². The van der Waals surface area contributed by atoms with Gasteiger partial charge in [0.2, 0.25) is 0 Å². The predicted octanol–water partition coefficient (Wildman–Crippen LogP) is 6.82. The van der Waals surface area contributed by atoms with Crippen LogP contribution >= 0.6 is 55.1 Å². The SMILES string of the molecule is Clc1cc(Br)cc2c1ccc1c(Cl)c(Br)ccc12. The van der Waals surface area contributed by atoms with Gasteiger partial charge in [-0.05, 0) is 44.9 Å². The Morgan fingerprint density at radius 3 is 2.17 bits per heavy atom. The zero-order chi connectivity index (χ0) is 12.9. The second kappa shape index (κ2) is 4.68. The molecule has 0 spiro atoms. The Hall–Kier alpha value is -0.280. The van der Waals surface area contributed by atoms with Crippen molar-refractivity contribution in [1.82, 2.24) is 0 Å². The quantitative estimate of drug-likeness (QED) is 0.360. The summed E-state index contributed by atoms with van der Waals surface area (Å²) in [7, 11) is 0. The molecular formula is C14H6Br2Cl2. The summed E-state index contributed by atoms with van der Waals surface area (Å²) in [6, 6.07) is 12.0. The van der Waals surface area contributed by atoms with E-state index in [1.165, 1.54) is 0 Å². The maximum atomic E-state index is 6.31. The fourth-order valence-corrected chi connectivity index (χ4v) is 3.55. The highest BCUT2D eigenvalue weighted by molar-refractivity contribution is 9.10. The van der Waals surface area contributed by atoms with Crippen molar-refractivity contribution in [2.45, 2.75) is 0 Å². The molecular weight excluding hydrogens is 399 g/mol. The molecule has 3 rings (SSSR count). The Bertz CT molecular complexity index is 782.